The van der Waals surface area contributed by atoms with E-state index in [1.807, 2.05) is 30.3 Å². The number of carbonyl (C=O) groups is 2. The van der Waals surface area contributed by atoms with Gasteiger partial charge in [0.2, 0.25) is 0 Å². The van der Waals surface area contributed by atoms with Gasteiger partial charge in [-0.15, -0.1) is 0 Å². The summed E-state index contributed by atoms with van der Waals surface area (Å²) in [4.78, 5) is 31.1. The molecule has 1 aromatic heterocycles. The zero-order chi connectivity index (χ0) is 19.1. The van der Waals surface area contributed by atoms with Crippen molar-refractivity contribution in [3.63, 3.8) is 0 Å². The first-order valence-electron chi connectivity index (χ1n) is 9.70. The highest BCUT2D eigenvalue weighted by Gasteiger charge is 2.18. The Morgan fingerprint density at radius 2 is 1.78 bits per heavy atom. The second-order valence-electron chi connectivity index (χ2n) is 7.24. The van der Waals surface area contributed by atoms with Crippen molar-refractivity contribution < 1.29 is 9.59 Å². The lowest BCUT2D eigenvalue weighted by atomic mass is 10.1. The van der Waals surface area contributed by atoms with Gasteiger partial charge in [-0.3, -0.25) is 14.6 Å². The van der Waals surface area contributed by atoms with E-state index in [-0.39, 0.29) is 17.9 Å². The van der Waals surface area contributed by atoms with Crippen LogP contribution in [0.25, 0.3) is 0 Å². The SMILES string of the molecule is CN(Cc1ccccc1)C(=O)c1cc(C(=O)NC2CCCCCC2)ccn1. The number of nitrogens with one attached hydrogen (secondary N) is 1. The first-order valence-corrected chi connectivity index (χ1v) is 9.70. The molecule has 0 aliphatic heterocycles. The van der Waals surface area contributed by atoms with E-state index in [2.05, 4.69) is 10.3 Å². The zero-order valence-electron chi connectivity index (χ0n) is 15.9. The number of rotatable bonds is 5. The fourth-order valence-corrected chi connectivity index (χ4v) is 3.51. The highest BCUT2D eigenvalue weighted by Crippen LogP contribution is 2.18. The van der Waals surface area contributed by atoms with Crippen LogP contribution >= 0.6 is 0 Å². The van der Waals surface area contributed by atoms with E-state index in [4.69, 9.17) is 0 Å². The van der Waals surface area contributed by atoms with Crippen LogP contribution in [0, 0.1) is 0 Å². The van der Waals surface area contributed by atoms with Crippen LogP contribution in [0.1, 0.15) is 64.9 Å². The van der Waals surface area contributed by atoms with Gasteiger partial charge in [0.1, 0.15) is 5.69 Å². The summed E-state index contributed by atoms with van der Waals surface area (Å²) in [7, 11) is 1.75. The molecule has 0 saturated heterocycles. The molecule has 3 rings (SSSR count). The molecule has 5 nitrogen and oxygen atoms in total. The van der Waals surface area contributed by atoms with E-state index < -0.39 is 0 Å². The van der Waals surface area contributed by atoms with Crippen molar-refractivity contribution in [1.29, 1.82) is 0 Å². The molecule has 2 amide bonds. The van der Waals surface area contributed by atoms with Crippen molar-refractivity contribution in [2.75, 3.05) is 7.05 Å². The normalized spacial score (nSPS) is 15.0. The van der Waals surface area contributed by atoms with Gasteiger partial charge in [0.15, 0.2) is 0 Å². The maximum Gasteiger partial charge on any atom is 0.272 e. The lowest BCUT2D eigenvalue weighted by molar-refractivity contribution is 0.0779. The van der Waals surface area contributed by atoms with Gasteiger partial charge in [-0.05, 0) is 30.5 Å². The van der Waals surface area contributed by atoms with Crippen LogP contribution in [0.15, 0.2) is 48.7 Å². The Bertz CT molecular complexity index is 768. The van der Waals surface area contributed by atoms with Crippen molar-refractivity contribution in [1.82, 2.24) is 15.2 Å². The molecule has 2 aromatic rings. The highest BCUT2D eigenvalue weighted by atomic mass is 16.2. The van der Waals surface area contributed by atoms with Crippen LogP contribution < -0.4 is 5.32 Å². The molecule has 142 valence electrons. The third-order valence-corrected chi connectivity index (χ3v) is 5.04. The number of pyridine rings is 1. The van der Waals surface area contributed by atoms with Gasteiger partial charge in [0, 0.05) is 31.4 Å². The van der Waals surface area contributed by atoms with E-state index in [0.717, 1.165) is 31.2 Å². The largest absolute Gasteiger partial charge is 0.349 e. The number of carbonyl (C=O) groups excluding carboxylic acids is 2. The van der Waals surface area contributed by atoms with Crippen LogP contribution in [-0.2, 0) is 6.54 Å². The Labute approximate surface area is 160 Å². The van der Waals surface area contributed by atoms with E-state index in [1.165, 1.54) is 19.0 Å². The molecule has 1 aliphatic rings. The predicted molar refractivity (Wildman–Crippen MR) is 105 cm³/mol. The molecule has 1 aliphatic carbocycles. The predicted octanol–water partition coefficient (Wildman–Crippen LogP) is 3.81. The minimum atomic E-state index is -0.192. The van der Waals surface area contributed by atoms with E-state index in [0.29, 0.717) is 17.8 Å². The fraction of sp³-hybridized carbons (Fsp3) is 0.409. The topological polar surface area (TPSA) is 62.3 Å². The summed E-state index contributed by atoms with van der Waals surface area (Å²) in [6, 6.07) is 13.3. The molecule has 0 bridgehead atoms. The van der Waals surface area contributed by atoms with Crippen molar-refractivity contribution in [2.24, 2.45) is 0 Å². The molecule has 1 aromatic carbocycles. The Kier molecular flexibility index (Phi) is 6.58. The van der Waals surface area contributed by atoms with Crippen LogP contribution in [0.4, 0.5) is 0 Å². The summed E-state index contributed by atoms with van der Waals surface area (Å²) in [5.41, 5.74) is 1.84. The third-order valence-electron chi connectivity index (χ3n) is 5.04. The molecule has 0 unspecified atom stereocenters. The number of hydrogen-bond donors (Lipinski definition) is 1. The molecule has 1 N–H and O–H groups in total. The second-order valence-corrected chi connectivity index (χ2v) is 7.24. The van der Waals surface area contributed by atoms with Gasteiger partial charge in [-0.25, -0.2) is 0 Å². The van der Waals surface area contributed by atoms with Crippen molar-refractivity contribution in [3.05, 3.63) is 65.5 Å². The van der Waals surface area contributed by atoms with Crippen molar-refractivity contribution in [2.45, 2.75) is 51.1 Å². The summed E-state index contributed by atoms with van der Waals surface area (Å²) in [6.45, 7) is 0.500. The van der Waals surface area contributed by atoms with E-state index in [9.17, 15) is 9.59 Å². The second kappa shape index (κ2) is 9.31. The summed E-state index contributed by atoms with van der Waals surface area (Å²) in [5.74, 6) is -0.313. The van der Waals surface area contributed by atoms with Gasteiger partial charge >= 0.3 is 0 Å². The van der Waals surface area contributed by atoms with Gasteiger partial charge < -0.3 is 10.2 Å². The molecule has 0 spiro atoms. The summed E-state index contributed by atoms with van der Waals surface area (Å²) in [5, 5.41) is 3.12. The Balaban J connectivity index is 1.65. The quantitative estimate of drug-likeness (QED) is 0.820. The van der Waals surface area contributed by atoms with E-state index >= 15 is 0 Å². The summed E-state index contributed by atoms with van der Waals surface area (Å²) >= 11 is 0. The van der Waals surface area contributed by atoms with Gasteiger partial charge in [0.25, 0.3) is 11.8 Å². The average Bonchev–Trinajstić information content (AvgIpc) is 2.97. The number of amides is 2. The van der Waals surface area contributed by atoms with Crippen LogP contribution in [0.3, 0.4) is 0 Å². The molecular formula is C22H27N3O2. The lowest BCUT2D eigenvalue weighted by Gasteiger charge is -2.18. The highest BCUT2D eigenvalue weighted by molar-refractivity contribution is 5.98. The third kappa shape index (κ3) is 5.39. The molecule has 0 radical (unpaired) electrons. The summed E-state index contributed by atoms with van der Waals surface area (Å²) in [6.07, 6.45) is 8.41. The Morgan fingerprint density at radius 3 is 2.48 bits per heavy atom. The molecule has 1 saturated carbocycles. The number of aromatic nitrogens is 1. The maximum absolute atomic E-state index is 12.7. The maximum atomic E-state index is 12.7. The van der Waals surface area contributed by atoms with Gasteiger partial charge in [0.05, 0.1) is 0 Å². The van der Waals surface area contributed by atoms with E-state index in [1.54, 1.807) is 24.1 Å². The molecular weight excluding hydrogens is 338 g/mol. The minimum absolute atomic E-state index is 0.121. The smallest absolute Gasteiger partial charge is 0.272 e. The molecule has 0 atom stereocenters. The number of hydrogen-bond acceptors (Lipinski definition) is 3. The molecule has 5 heteroatoms. The number of benzene rings is 1. The van der Waals surface area contributed by atoms with Crippen LogP contribution in [0.5, 0.6) is 0 Å². The zero-order valence-corrected chi connectivity index (χ0v) is 15.9. The monoisotopic (exact) mass is 365 g/mol. The average molecular weight is 365 g/mol. The van der Waals surface area contributed by atoms with Crippen molar-refractivity contribution in [3.8, 4) is 0 Å². The molecule has 27 heavy (non-hydrogen) atoms. The Morgan fingerprint density at radius 1 is 1.07 bits per heavy atom. The van der Waals surface area contributed by atoms with Gasteiger partial charge in [-0.2, -0.15) is 0 Å². The fourth-order valence-electron chi connectivity index (χ4n) is 3.51. The van der Waals surface area contributed by atoms with Crippen LogP contribution in [0.2, 0.25) is 0 Å². The molecule has 1 fully saturated rings. The Hall–Kier alpha value is -2.69. The first-order chi connectivity index (χ1) is 13.1. The minimum Gasteiger partial charge on any atom is -0.349 e. The molecule has 1 heterocycles. The van der Waals surface area contributed by atoms with Crippen molar-refractivity contribution >= 4 is 11.8 Å². The first kappa shape index (κ1) is 19.1. The van der Waals surface area contributed by atoms with Crippen LogP contribution in [-0.4, -0.2) is 34.8 Å². The summed E-state index contributed by atoms with van der Waals surface area (Å²) < 4.78 is 0. The standard InChI is InChI=1S/C22H27N3O2/c1-25(16-17-9-5-4-6-10-17)22(27)20-15-18(13-14-23-20)21(26)24-19-11-7-2-3-8-12-19/h4-6,9-10,13-15,19H,2-3,7-8,11-12,16H2,1H3,(H,24,26). The number of nitrogens with zero attached hydrogens (tertiary/aromatic N) is 2. The van der Waals surface area contributed by atoms with Gasteiger partial charge in [-0.1, -0.05) is 56.0 Å². The lowest BCUT2D eigenvalue weighted by Crippen LogP contribution is -2.34.